The molecule has 2 atom stereocenters. The number of fused-ring (bicyclic) bond motifs is 4. The molecule has 1 amide bonds. The molecular formula is C8H7NO. The van der Waals surface area contributed by atoms with Crippen molar-refractivity contribution >= 4 is 5.91 Å². The highest BCUT2D eigenvalue weighted by molar-refractivity contribution is 6.04. The number of nitrogens with one attached hydrogen (secondary N) is 1. The topological polar surface area (TPSA) is 29.1 Å². The van der Waals surface area contributed by atoms with Gasteiger partial charge in [0.15, 0.2) is 0 Å². The number of amides is 1. The van der Waals surface area contributed by atoms with Gasteiger partial charge in [-0.1, -0.05) is 12.2 Å². The summed E-state index contributed by atoms with van der Waals surface area (Å²) in [5.74, 6) is 1.18. The zero-order valence-corrected chi connectivity index (χ0v) is 5.42. The highest BCUT2D eigenvalue weighted by Crippen LogP contribution is 2.46. The Morgan fingerprint density at radius 2 is 2.20 bits per heavy atom. The second-order valence-electron chi connectivity index (χ2n) is 3.12. The SMILES string of the molecule is O=C1NC2=C1[C@H]1C=C[C@@H]2C1. The summed E-state index contributed by atoms with van der Waals surface area (Å²) in [5.41, 5.74) is 2.27. The van der Waals surface area contributed by atoms with Crippen LogP contribution < -0.4 is 5.32 Å². The molecule has 0 fully saturated rings. The van der Waals surface area contributed by atoms with Crippen molar-refractivity contribution in [2.45, 2.75) is 6.42 Å². The maximum absolute atomic E-state index is 10.9. The molecule has 0 spiro atoms. The average Bonchev–Trinajstić information content (AvgIpc) is 2.40. The second-order valence-corrected chi connectivity index (χ2v) is 3.12. The van der Waals surface area contributed by atoms with Gasteiger partial charge in [0.2, 0.25) is 0 Å². The van der Waals surface area contributed by atoms with Gasteiger partial charge >= 0.3 is 0 Å². The van der Waals surface area contributed by atoms with Gasteiger partial charge in [-0.2, -0.15) is 0 Å². The minimum atomic E-state index is 0.159. The first-order valence-corrected chi connectivity index (χ1v) is 3.60. The number of hydrogen-bond donors (Lipinski definition) is 1. The van der Waals surface area contributed by atoms with Crippen molar-refractivity contribution in [3.05, 3.63) is 23.4 Å². The Hall–Kier alpha value is -1.05. The Kier molecular flexibility index (Phi) is 0.562. The lowest BCUT2D eigenvalue weighted by molar-refractivity contribution is -0.119. The number of hydrogen-bond acceptors (Lipinski definition) is 1. The third kappa shape index (κ3) is 0.315. The van der Waals surface area contributed by atoms with E-state index in [1.165, 1.54) is 5.70 Å². The average molecular weight is 133 g/mol. The van der Waals surface area contributed by atoms with Crippen LogP contribution in [0.4, 0.5) is 0 Å². The van der Waals surface area contributed by atoms with Gasteiger partial charge in [-0.15, -0.1) is 0 Å². The molecule has 50 valence electrons. The van der Waals surface area contributed by atoms with Crippen LogP contribution in [0.1, 0.15) is 6.42 Å². The van der Waals surface area contributed by atoms with Crippen LogP contribution in [0.25, 0.3) is 0 Å². The first-order chi connectivity index (χ1) is 4.86. The molecule has 2 bridgehead atoms. The Bertz CT molecular complexity index is 288. The van der Waals surface area contributed by atoms with Crippen molar-refractivity contribution in [3.63, 3.8) is 0 Å². The maximum Gasteiger partial charge on any atom is 0.253 e. The minimum Gasteiger partial charge on any atom is -0.325 e. The standard InChI is InChI=1S/C8H7NO/c10-8-6-4-1-2-5(3-4)7(6)9-8/h1-2,4-5H,3H2,(H,9,10)/t4-,5+/m0/s1. The molecule has 2 nitrogen and oxygen atoms in total. The largest absolute Gasteiger partial charge is 0.325 e. The first kappa shape index (κ1) is 4.72. The van der Waals surface area contributed by atoms with E-state index in [1.54, 1.807) is 0 Å². The molecule has 2 heteroatoms. The Morgan fingerprint density at radius 3 is 2.80 bits per heavy atom. The molecule has 3 rings (SSSR count). The van der Waals surface area contributed by atoms with Gasteiger partial charge in [-0.05, 0) is 6.42 Å². The van der Waals surface area contributed by atoms with Gasteiger partial charge in [0.25, 0.3) is 5.91 Å². The number of carbonyl (C=O) groups is 1. The lowest BCUT2D eigenvalue weighted by Crippen LogP contribution is -2.38. The quantitative estimate of drug-likeness (QED) is 0.481. The molecular weight excluding hydrogens is 126 g/mol. The summed E-state index contributed by atoms with van der Waals surface area (Å²) in [6, 6.07) is 0. The van der Waals surface area contributed by atoms with Crippen LogP contribution in [0.3, 0.4) is 0 Å². The lowest BCUT2D eigenvalue weighted by Gasteiger charge is -2.24. The number of carbonyl (C=O) groups excluding carboxylic acids is 1. The second kappa shape index (κ2) is 1.19. The van der Waals surface area contributed by atoms with E-state index >= 15 is 0 Å². The van der Waals surface area contributed by atoms with E-state index in [1.807, 2.05) is 0 Å². The van der Waals surface area contributed by atoms with Crippen molar-refractivity contribution in [1.82, 2.24) is 5.32 Å². The van der Waals surface area contributed by atoms with Crippen molar-refractivity contribution in [2.75, 3.05) is 0 Å². The van der Waals surface area contributed by atoms with Crippen LogP contribution in [0.15, 0.2) is 23.4 Å². The van der Waals surface area contributed by atoms with Crippen molar-refractivity contribution in [3.8, 4) is 0 Å². The fourth-order valence-electron chi connectivity index (χ4n) is 2.10. The summed E-state index contributed by atoms with van der Waals surface area (Å²) in [6.45, 7) is 0. The predicted octanol–water partition coefficient (Wildman–Crippen LogP) is 0.576. The fourth-order valence-corrected chi connectivity index (χ4v) is 2.10. The third-order valence-electron chi connectivity index (χ3n) is 2.61. The summed E-state index contributed by atoms with van der Waals surface area (Å²) in [6.07, 6.45) is 5.49. The van der Waals surface area contributed by atoms with Crippen LogP contribution in [0.5, 0.6) is 0 Å². The summed E-state index contributed by atoms with van der Waals surface area (Å²) in [7, 11) is 0. The monoisotopic (exact) mass is 133 g/mol. The zero-order valence-electron chi connectivity index (χ0n) is 5.42. The van der Waals surface area contributed by atoms with Gasteiger partial charge < -0.3 is 5.32 Å². The first-order valence-electron chi connectivity index (χ1n) is 3.60. The van der Waals surface area contributed by atoms with E-state index in [0.717, 1.165) is 12.0 Å². The van der Waals surface area contributed by atoms with Gasteiger partial charge in [0.1, 0.15) is 0 Å². The fraction of sp³-hybridized carbons (Fsp3) is 0.375. The van der Waals surface area contributed by atoms with E-state index in [4.69, 9.17) is 0 Å². The Morgan fingerprint density at radius 1 is 1.40 bits per heavy atom. The van der Waals surface area contributed by atoms with Crippen molar-refractivity contribution in [1.29, 1.82) is 0 Å². The third-order valence-corrected chi connectivity index (χ3v) is 2.61. The summed E-state index contributed by atoms with van der Waals surface area (Å²) >= 11 is 0. The highest BCUT2D eigenvalue weighted by atomic mass is 16.2. The summed E-state index contributed by atoms with van der Waals surface area (Å²) < 4.78 is 0. The molecule has 0 saturated carbocycles. The van der Waals surface area contributed by atoms with Crippen LogP contribution >= 0.6 is 0 Å². The number of rotatable bonds is 0. The maximum atomic E-state index is 10.9. The lowest BCUT2D eigenvalue weighted by atomic mass is 9.95. The van der Waals surface area contributed by atoms with Gasteiger partial charge in [0.05, 0.1) is 0 Å². The molecule has 0 saturated heterocycles. The van der Waals surface area contributed by atoms with E-state index in [-0.39, 0.29) is 5.91 Å². The van der Waals surface area contributed by atoms with Crippen LogP contribution in [0, 0.1) is 11.8 Å². The zero-order chi connectivity index (χ0) is 6.72. The van der Waals surface area contributed by atoms with Gasteiger partial charge in [-0.25, -0.2) is 0 Å². The van der Waals surface area contributed by atoms with E-state index in [2.05, 4.69) is 17.5 Å². The van der Waals surface area contributed by atoms with E-state index in [0.29, 0.717) is 11.8 Å². The Labute approximate surface area is 58.6 Å². The van der Waals surface area contributed by atoms with Crippen LogP contribution in [0.2, 0.25) is 0 Å². The number of allylic oxidation sites excluding steroid dienone is 2. The molecule has 0 aromatic heterocycles. The van der Waals surface area contributed by atoms with Gasteiger partial charge in [-0.3, -0.25) is 4.79 Å². The minimum absolute atomic E-state index is 0.159. The molecule has 0 unspecified atom stereocenters. The van der Waals surface area contributed by atoms with Crippen LogP contribution in [-0.2, 0) is 4.79 Å². The molecule has 1 aliphatic heterocycles. The van der Waals surface area contributed by atoms with E-state index < -0.39 is 0 Å². The predicted molar refractivity (Wildman–Crippen MR) is 35.9 cm³/mol. The molecule has 1 N–H and O–H groups in total. The highest BCUT2D eigenvalue weighted by Gasteiger charge is 2.44. The summed E-state index contributed by atoms with van der Waals surface area (Å²) in [4.78, 5) is 10.9. The Balaban J connectivity index is 2.17. The summed E-state index contributed by atoms with van der Waals surface area (Å²) in [5, 5.41) is 2.83. The van der Waals surface area contributed by atoms with Crippen molar-refractivity contribution in [2.24, 2.45) is 11.8 Å². The molecule has 10 heavy (non-hydrogen) atoms. The molecule has 0 radical (unpaired) electrons. The molecule has 1 heterocycles. The van der Waals surface area contributed by atoms with Gasteiger partial charge in [0, 0.05) is 23.1 Å². The smallest absolute Gasteiger partial charge is 0.253 e. The molecule has 0 aromatic carbocycles. The normalized spacial score (nSPS) is 39.8. The van der Waals surface area contributed by atoms with E-state index in [9.17, 15) is 4.79 Å². The molecule has 0 aromatic rings. The van der Waals surface area contributed by atoms with Crippen molar-refractivity contribution < 1.29 is 4.79 Å². The van der Waals surface area contributed by atoms with Crippen LogP contribution in [-0.4, -0.2) is 5.91 Å². The molecule has 3 aliphatic rings. The molecule has 2 aliphatic carbocycles.